The molecule has 0 radical (unpaired) electrons. The highest BCUT2D eigenvalue weighted by atomic mass is 16.5. The lowest BCUT2D eigenvalue weighted by Crippen LogP contribution is -2.18. The lowest BCUT2D eigenvalue weighted by Gasteiger charge is -2.07. The number of hydrogen-bond acceptors (Lipinski definition) is 5. The topological polar surface area (TPSA) is 91.5 Å². The molecule has 0 unspecified atom stereocenters. The molecule has 0 atom stereocenters. The number of oxazole rings is 1. The van der Waals surface area contributed by atoms with Gasteiger partial charge in [-0.3, -0.25) is 4.79 Å². The fourth-order valence-electron chi connectivity index (χ4n) is 3.78. The van der Waals surface area contributed by atoms with E-state index in [1.54, 1.807) is 18.2 Å². The fourth-order valence-corrected chi connectivity index (χ4v) is 3.78. The molecule has 168 valence electrons. The monoisotopic (exact) mass is 450 g/mol. The Hall–Kier alpha value is -4.58. The van der Waals surface area contributed by atoms with Crippen LogP contribution in [0.2, 0.25) is 0 Å². The van der Waals surface area contributed by atoms with E-state index in [1.165, 1.54) is 0 Å². The summed E-state index contributed by atoms with van der Waals surface area (Å²) in [4.78, 5) is 16.7. The largest absolute Gasteiger partial charge is 0.454 e. The maximum absolute atomic E-state index is 12.0. The smallest absolute Gasteiger partial charge is 0.284 e. The zero-order valence-corrected chi connectivity index (χ0v) is 18.7. The van der Waals surface area contributed by atoms with Gasteiger partial charge in [0.2, 0.25) is 5.89 Å². The fraction of sp³-hybridized carbons (Fsp3) is 0.0714. The van der Waals surface area contributed by atoms with Crippen LogP contribution in [0.25, 0.3) is 40.0 Å². The molecule has 6 nitrogen and oxygen atoms in total. The molecule has 5 aromatic rings. The summed E-state index contributed by atoms with van der Waals surface area (Å²) in [7, 11) is 0. The Balaban J connectivity index is 1.52. The number of nitrogens with two attached hydrogens (primary N) is 1. The molecule has 0 aliphatic carbocycles. The Kier molecular flexibility index (Phi) is 5.47. The number of aryl methyl sites for hydroxylation is 2. The highest BCUT2D eigenvalue weighted by Crippen LogP contribution is 2.36. The van der Waals surface area contributed by atoms with Crippen LogP contribution in [0.3, 0.4) is 0 Å². The quantitative estimate of drug-likeness (QED) is 0.243. The average Bonchev–Trinajstić information content (AvgIpc) is 3.39. The molecule has 34 heavy (non-hydrogen) atoms. The maximum atomic E-state index is 12.0. The predicted molar refractivity (Wildman–Crippen MR) is 131 cm³/mol. The second kappa shape index (κ2) is 8.75. The molecule has 5 rings (SSSR count). The molecule has 3 aromatic carbocycles. The molecule has 0 fully saturated rings. The summed E-state index contributed by atoms with van der Waals surface area (Å²) in [6, 6.07) is 24.4. The van der Waals surface area contributed by atoms with Crippen molar-refractivity contribution in [3.8, 4) is 28.7 Å². The Labute approximate surface area is 196 Å². The minimum absolute atomic E-state index is 0.0479. The van der Waals surface area contributed by atoms with Gasteiger partial charge in [0.25, 0.3) is 5.91 Å². The van der Waals surface area contributed by atoms with Crippen molar-refractivity contribution in [1.82, 2.24) is 4.98 Å². The molecule has 0 aliphatic rings. The number of carbonyl (C=O) groups is 1. The SMILES string of the molecule is Cc1oc(-c2ccccc2)nc1-c1oc2ccc(C=C(Oc3ccccc3)C(N)=O)cc2c1C. The van der Waals surface area contributed by atoms with Gasteiger partial charge in [0, 0.05) is 16.5 Å². The lowest BCUT2D eigenvalue weighted by atomic mass is 10.1. The van der Waals surface area contributed by atoms with E-state index in [0.29, 0.717) is 34.4 Å². The number of benzene rings is 3. The van der Waals surface area contributed by atoms with Crippen molar-refractivity contribution in [3.05, 3.63) is 102 Å². The summed E-state index contributed by atoms with van der Waals surface area (Å²) in [6.07, 6.45) is 1.62. The first-order valence-electron chi connectivity index (χ1n) is 10.8. The van der Waals surface area contributed by atoms with E-state index in [2.05, 4.69) is 0 Å². The number of carbonyl (C=O) groups excluding carboxylic acids is 1. The van der Waals surface area contributed by atoms with E-state index in [4.69, 9.17) is 24.3 Å². The minimum atomic E-state index is -0.653. The van der Waals surface area contributed by atoms with Crippen molar-refractivity contribution >= 4 is 23.0 Å². The number of rotatable bonds is 6. The van der Waals surface area contributed by atoms with E-state index in [-0.39, 0.29) is 5.76 Å². The number of para-hydroxylation sites is 1. The number of nitrogens with zero attached hydrogens (tertiary/aromatic N) is 1. The molecule has 6 heteroatoms. The van der Waals surface area contributed by atoms with E-state index < -0.39 is 5.91 Å². The van der Waals surface area contributed by atoms with Gasteiger partial charge >= 0.3 is 0 Å². The van der Waals surface area contributed by atoms with Crippen LogP contribution in [0.1, 0.15) is 16.9 Å². The Morgan fingerprint density at radius 3 is 2.35 bits per heavy atom. The van der Waals surface area contributed by atoms with Crippen molar-refractivity contribution in [1.29, 1.82) is 0 Å². The first kappa shape index (κ1) is 21.3. The molecule has 0 saturated carbocycles. The molecule has 2 heterocycles. The van der Waals surface area contributed by atoms with Gasteiger partial charge in [0.1, 0.15) is 22.8 Å². The summed E-state index contributed by atoms with van der Waals surface area (Å²) < 4.78 is 17.8. The van der Waals surface area contributed by atoms with Gasteiger partial charge in [-0.15, -0.1) is 0 Å². The predicted octanol–water partition coefficient (Wildman–Crippen LogP) is 6.28. The molecular weight excluding hydrogens is 428 g/mol. The maximum Gasteiger partial charge on any atom is 0.284 e. The van der Waals surface area contributed by atoms with Gasteiger partial charge in [-0.2, -0.15) is 0 Å². The van der Waals surface area contributed by atoms with Crippen LogP contribution in [0.15, 0.2) is 93.5 Å². The summed E-state index contributed by atoms with van der Waals surface area (Å²) in [5.74, 6) is 1.79. The first-order valence-corrected chi connectivity index (χ1v) is 10.8. The second-order valence-corrected chi connectivity index (χ2v) is 7.89. The third-order valence-corrected chi connectivity index (χ3v) is 5.50. The molecular formula is C28H22N2O4. The molecule has 2 aromatic heterocycles. The number of fused-ring (bicyclic) bond motifs is 1. The van der Waals surface area contributed by atoms with Crippen LogP contribution >= 0.6 is 0 Å². The zero-order valence-electron chi connectivity index (χ0n) is 18.7. The number of amides is 1. The van der Waals surface area contributed by atoms with Gasteiger partial charge < -0.3 is 19.3 Å². The van der Waals surface area contributed by atoms with Gasteiger partial charge in [-0.1, -0.05) is 42.5 Å². The zero-order chi connectivity index (χ0) is 23.7. The number of hydrogen-bond donors (Lipinski definition) is 1. The molecule has 0 spiro atoms. The van der Waals surface area contributed by atoms with Crippen LogP contribution in [-0.2, 0) is 4.79 Å². The van der Waals surface area contributed by atoms with Crippen LogP contribution in [0.4, 0.5) is 0 Å². The Morgan fingerprint density at radius 2 is 1.65 bits per heavy atom. The van der Waals surface area contributed by atoms with Crippen LogP contribution in [0.5, 0.6) is 5.75 Å². The van der Waals surface area contributed by atoms with E-state index in [0.717, 1.165) is 22.1 Å². The average molecular weight is 450 g/mol. The van der Waals surface area contributed by atoms with Crippen molar-refractivity contribution < 1.29 is 18.4 Å². The van der Waals surface area contributed by atoms with Crippen molar-refractivity contribution in [2.24, 2.45) is 5.73 Å². The molecule has 0 saturated heterocycles. The Bertz CT molecular complexity index is 1510. The van der Waals surface area contributed by atoms with E-state index in [9.17, 15) is 4.79 Å². The summed E-state index contributed by atoms with van der Waals surface area (Å²) in [5, 5.41) is 0.899. The van der Waals surface area contributed by atoms with Crippen molar-refractivity contribution in [2.45, 2.75) is 13.8 Å². The molecule has 0 bridgehead atoms. The summed E-state index contributed by atoms with van der Waals surface area (Å²) in [6.45, 7) is 3.84. The Morgan fingerprint density at radius 1 is 0.941 bits per heavy atom. The molecule has 0 aliphatic heterocycles. The second-order valence-electron chi connectivity index (χ2n) is 7.89. The van der Waals surface area contributed by atoms with Gasteiger partial charge in [0.05, 0.1) is 0 Å². The number of aromatic nitrogens is 1. The molecule has 2 N–H and O–H groups in total. The normalized spacial score (nSPS) is 11.6. The molecule has 1 amide bonds. The van der Waals surface area contributed by atoms with Crippen molar-refractivity contribution in [3.63, 3.8) is 0 Å². The number of ether oxygens (including phenoxy) is 1. The minimum Gasteiger partial charge on any atom is -0.454 e. The summed E-state index contributed by atoms with van der Waals surface area (Å²) in [5.41, 5.74) is 9.50. The highest BCUT2D eigenvalue weighted by Gasteiger charge is 2.20. The highest BCUT2D eigenvalue weighted by molar-refractivity contribution is 5.96. The standard InChI is InChI=1S/C28H22N2O4/c1-17-22-15-19(16-24(27(29)31)33-21-11-7-4-8-12-21)13-14-23(22)34-26(17)25-18(2)32-28(30-25)20-9-5-3-6-10-20/h3-16H,1-2H3,(H2,29,31). The van der Waals surface area contributed by atoms with Crippen LogP contribution in [-0.4, -0.2) is 10.9 Å². The van der Waals surface area contributed by atoms with E-state index in [1.807, 2.05) is 80.6 Å². The summed E-state index contributed by atoms with van der Waals surface area (Å²) >= 11 is 0. The van der Waals surface area contributed by atoms with Gasteiger partial charge in [-0.25, -0.2) is 4.98 Å². The van der Waals surface area contributed by atoms with Crippen LogP contribution < -0.4 is 10.5 Å². The van der Waals surface area contributed by atoms with Gasteiger partial charge in [0.15, 0.2) is 11.5 Å². The van der Waals surface area contributed by atoms with E-state index >= 15 is 0 Å². The third kappa shape index (κ3) is 4.09. The van der Waals surface area contributed by atoms with Crippen molar-refractivity contribution in [2.75, 3.05) is 0 Å². The first-order chi connectivity index (χ1) is 16.5. The van der Waals surface area contributed by atoms with Crippen LogP contribution in [0, 0.1) is 13.8 Å². The number of primary amides is 1. The third-order valence-electron chi connectivity index (χ3n) is 5.50. The van der Waals surface area contributed by atoms with Gasteiger partial charge in [-0.05, 0) is 61.9 Å². The lowest BCUT2D eigenvalue weighted by molar-refractivity contribution is -0.116. The number of furan rings is 1.